The number of fused-ring (bicyclic) bond motifs is 1. The Morgan fingerprint density at radius 1 is 1.09 bits per heavy atom. The average Bonchev–Trinajstić information content (AvgIpc) is 3.12. The summed E-state index contributed by atoms with van der Waals surface area (Å²) >= 11 is 0. The number of primary amides is 1. The summed E-state index contributed by atoms with van der Waals surface area (Å²) in [6.07, 6.45) is 3.68. The summed E-state index contributed by atoms with van der Waals surface area (Å²) in [5.41, 5.74) is 17.9. The van der Waals surface area contributed by atoms with E-state index in [0.717, 1.165) is 19.3 Å². The van der Waals surface area contributed by atoms with Crippen LogP contribution in [0.2, 0.25) is 0 Å². The lowest BCUT2D eigenvalue weighted by Crippen LogP contribution is -2.11. The monoisotopic (exact) mass is 451 g/mol. The van der Waals surface area contributed by atoms with E-state index in [1.165, 1.54) is 12.1 Å². The number of allylic oxidation sites excluding steroid dienone is 1. The van der Waals surface area contributed by atoms with Crippen LogP contribution >= 0.6 is 0 Å². The maximum Gasteiger partial charge on any atom is 0.217 e. The number of nitrogens with two attached hydrogens (primary N) is 3. The third-order valence-corrected chi connectivity index (χ3v) is 5.29. The van der Waals surface area contributed by atoms with Crippen molar-refractivity contribution in [2.45, 2.75) is 45.4 Å². The molecule has 0 aliphatic heterocycles. The minimum Gasteiger partial charge on any atom is -0.504 e. The van der Waals surface area contributed by atoms with Crippen LogP contribution < -0.4 is 21.9 Å². The second kappa shape index (κ2) is 10.1. The Labute approximate surface area is 192 Å². The molecule has 3 rings (SSSR count). The van der Waals surface area contributed by atoms with Crippen LogP contribution in [0.3, 0.4) is 0 Å². The highest BCUT2D eigenvalue weighted by molar-refractivity contribution is 6.17. The molecule has 0 aliphatic carbocycles. The molecule has 3 aromatic rings. The van der Waals surface area contributed by atoms with Crippen molar-refractivity contribution < 1.29 is 23.8 Å². The van der Waals surface area contributed by atoms with Crippen LogP contribution in [0.1, 0.15) is 60.7 Å². The molecule has 0 saturated carbocycles. The Kier molecular flexibility index (Phi) is 7.27. The number of aryl methyl sites for hydroxylation is 1. The summed E-state index contributed by atoms with van der Waals surface area (Å²) in [4.78, 5) is 24.6. The quantitative estimate of drug-likeness (QED) is 0.145. The van der Waals surface area contributed by atoms with Gasteiger partial charge in [0, 0.05) is 36.3 Å². The molecule has 8 nitrogen and oxygen atoms in total. The number of hydrogen-bond acceptors (Lipinski definition) is 7. The molecule has 0 unspecified atom stereocenters. The maximum atomic E-state index is 13.4. The first-order valence-electron chi connectivity index (χ1n) is 10.8. The van der Waals surface area contributed by atoms with E-state index in [1.807, 2.05) is 0 Å². The molecule has 1 aromatic heterocycles. The molecule has 0 radical (unpaired) electrons. The second-order valence-corrected chi connectivity index (χ2v) is 7.95. The van der Waals surface area contributed by atoms with Crippen LogP contribution in [0.15, 0.2) is 47.1 Å². The molecule has 174 valence electrons. The Morgan fingerprint density at radius 3 is 2.42 bits per heavy atom. The SMILES string of the molecule is C=C(CCCC)Oc1ccc2c(C(=O)c3cc(N)c(O)c(N)c3)c(CCCC(N)=O)oc2c1. The van der Waals surface area contributed by atoms with E-state index in [0.29, 0.717) is 46.6 Å². The first kappa shape index (κ1) is 23.7. The predicted octanol–water partition coefficient (Wildman–Crippen LogP) is 4.42. The second-order valence-electron chi connectivity index (χ2n) is 7.95. The number of unbranched alkanes of at least 4 members (excludes halogenated alkanes) is 1. The van der Waals surface area contributed by atoms with Gasteiger partial charge in [-0.2, -0.15) is 0 Å². The first-order valence-corrected chi connectivity index (χ1v) is 10.8. The average molecular weight is 452 g/mol. The van der Waals surface area contributed by atoms with Gasteiger partial charge in [-0.3, -0.25) is 9.59 Å². The van der Waals surface area contributed by atoms with Crippen molar-refractivity contribution >= 4 is 34.0 Å². The van der Waals surface area contributed by atoms with Gasteiger partial charge in [-0.1, -0.05) is 19.9 Å². The van der Waals surface area contributed by atoms with Gasteiger partial charge in [0.25, 0.3) is 0 Å². The van der Waals surface area contributed by atoms with Crippen LogP contribution in [0, 0.1) is 0 Å². The fourth-order valence-electron chi connectivity index (χ4n) is 3.59. The molecule has 0 saturated heterocycles. The molecule has 8 heteroatoms. The number of nitrogen functional groups attached to an aromatic ring is 2. The molecule has 33 heavy (non-hydrogen) atoms. The summed E-state index contributed by atoms with van der Waals surface area (Å²) in [6, 6.07) is 7.95. The molecule has 0 fully saturated rings. The molecule has 0 bridgehead atoms. The number of carbonyl (C=O) groups is 2. The van der Waals surface area contributed by atoms with Crippen molar-refractivity contribution in [3.63, 3.8) is 0 Å². The summed E-state index contributed by atoms with van der Waals surface area (Å²) < 4.78 is 11.8. The van der Waals surface area contributed by atoms with Gasteiger partial charge in [0.2, 0.25) is 5.91 Å². The number of phenols is 1. The van der Waals surface area contributed by atoms with E-state index in [2.05, 4.69) is 13.5 Å². The smallest absolute Gasteiger partial charge is 0.217 e. The molecule has 0 aliphatic rings. The van der Waals surface area contributed by atoms with E-state index in [-0.39, 0.29) is 34.9 Å². The highest BCUT2D eigenvalue weighted by atomic mass is 16.5. The molecule has 7 N–H and O–H groups in total. The summed E-state index contributed by atoms with van der Waals surface area (Å²) in [5, 5.41) is 10.4. The van der Waals surface area contributed by atoms with Crippen molar-refractivity contribution in [1.29, 1.82) is 0 Å². The molecule has 1 amide bonds. The van der Waals surface area contributed by atoms with Crippen molar-refractivity contribution in [1.82, 2.24) is 0 Å². The minimum atomic E-state index is -0.431. The normalized spacial score (nSPS) is 10.9. The number of ketones is 1. The standard InChI is InChI=1S/C25H29N3O5/c1-3-4-6-14(2)32-16-9-10-17-21(13-16)33-20(7-5-8-22(28)29)23(17)24(30)15-11-18(26)25(31)19(27)12-15/h9-13,31H,2-8,26-27H2,1H3,(H2,28,29). The zero-order chi connectivity index (χ0) is 24.1. The topological polar surface area (TPSA) is 155 Å². The fraction of sp³-hybridized carbons (Fsp3) is 0.280. The van der Waals surface area contributed by atoms with E-state index in [9.17, 15) is 14.7 Å². The van der Waals surface area contributed by atoms with E-state index in [1.54, 1.807) is 18.2 Å². The lowest BCUT2D eigenvalue weighted by Gasteiger charge is -2.09. The fourth-order valence-corrected chi connectivity index (χ4v) is 3.59. The Morgan fingerprint density at radius 2 is 1.79 bits per heavy atom. The van der Waals surface area contributed by atoms with Crippen LogP contribution in [-0.2, 0) is 11.2 Å². The Hall–Kier alpha value is -3.94. The lowest BCUT2D eigenvalue weighted by molar-refractivity contribution is -0.118. The van der Waals surface area contributed by atoms with Crippen LogP contribution in [0.25, 0.3) is 11.0 Å². The zero-order valence-corrected chi connectivity index (χ0v) is 18.6. The molecule has 0 atom stereocenters. The zero-order valence-electron chi connectivity index (χ0n) is 18.6. The largest absolute Gasteiger partial charge is 0.504 e. The van der Waals surface area contributed by atoms with Crippen molar-refractivity contribution in [3.8, 4) is 11.5 Å². The molecule has 1 heterocycles. The number of phenolic OH excluding ortho intramolecular Hbond substituents is 1. The Balaban J connectivity index is 2.02. The van der Waals surface area contributed by atoms with Crippen LogP contribution in [-0.4, -0.2) is 16.8 Å². The Bertz CT molecular complexity index is 1190. The van der Waals surface area contributed by atoms with Gasteiger partial charge in [0.1, 0.15) is 17.1 Å². The van der Waals surface area contributed by atoms with Gasteiger partial charge in [-0.25, -0.2) is 0 Å². The van der Waals surface area contributed by atoms with Gasteiger partial charge < -0.3 is 31.5 Å². The summed E-state index contributed by atoms with van der Waals surface area (Å²) in [5.74, 6) is 0.564. The van der Waals surface area contributed by atoms with Gasteiger partial charge in [-0.15, -0.1) is 0 Å². The molecular weight excluding hydrogens is 422 g/mol. The van der Waals surface area contributed by atoms with Crippen LogP contribution in [0.4, 0.5) is 11.4 Å². The number of anilines is 2. The summed E-state index contributed by atoms with van der Waals surface area (Å²) in [7, 11) is 0. The summed E-state index contributed by atoms with van der Waals surface area (Å²) in [6.45, 7) is 6.04. The van der Waals surface area contributed by atoms with E-state index < -0.39 is 5.91 Å². The number of aromatic hydroxyl groups is 1. The highest BCUT2D eigenvalue weighted by Gasteiger charge is 2.24. The first-order chi connectivity index (χ1) is 15.7. The number of amides is 1. The van der Waals surface area contributed by atoms with E-state index >= 15 is 0 Å². The van der Waals surface area contributed by atoms with Crippen molar-refractivity contribution in [2.24, 2.45) is 5.73 Å². The lowest BCUT2D eigenvalue weighted by atomic mass is 9.97. The van der Waals surface area contributed by atoms with Crippen molar-refractivity contribution in [2.75, 3.05) is 11.5 Å². The number of carbonyl (C=O) groups excluding carboxylic acids is 2. The van der Waals surface area contributed by atoms with Crippen molar-refractivity contribution in [3.05, 3.63) is 59.6 Å². The van der Waals surface area contributed by atoms with Gasteiger partial charge in [0.05, 0.1) is 22.7 Å². The van der Waals surface area contributed by atoms with Crippen LogP contribution in [0.5, 0.6) is 11.5 Å². The minimum absolute atomic E-state index is 0.00251. The van der Waals surface area contributed by atoms with Gasteiger partial charge in [0.15, 0.2) is 11.5 Å². The number of hydrogen-bond donors (Lipinski definition) is 4. The highest BCUT2D eigenvalue weighted by Crippen LogP contribution is 2.35. The number of benzene rings is 2. The molecule has 0 spiro atoms. The molecular formula is C25H29N3O5. The van der Waals surface area contributed by atoms with E-state index in [4.69, 9.17) is 26.4 Å². The van der Waals surface area contributed by atoms with Gasteiger partial charge >= 0.3 is 0 Å². The number of rotatable bonds is 11. The molecule has 2 aromatic carbocycles. The predicted molar refractivity (Wildman–Crippen MR) is 128 cm³/mol. The number of furan rings is 1. The third-order valence-electron chi connectivity index (χ3n) is 5.29. The van der Waals surface area contributed by atoms with Gasteiger partial charge in [-0.05, 0) is 37.1 Å². The maximum absolute atomic E-state index is 13.4. The number of ether oxygens (including phenoxy) is 1. The third kappa shape index (κ3) is 5.46.